The molecule has 116 valence electrons. The largest absolute Gasteiger partial charge is 0.494 e. The zero-order valence-electron chi connectivity index (χ0n) is 12.7. The quantitative estimate of drug-likeness (QED) is 0.903. The van der Waals surface area contributed by atoms with Crippen LogP contribution in [0.15, 0.2) is 18.2 Å². The first kappa shape index (κ1) is 15.8. The highest BCUT2D eigenvalue weighted by Gasteiger charge is 2.34. The van der Waals surface area contributed by atoms with Crippen LogP contribution in [0.1, 0.15) is 25.3 Å². The van der Waals surface area contributed by atoms with Crippen LogP contribution in [0, 0.1) is 11.2 Å². The number of carbonyl (C=O) groups is 1. The van der Waals surface area contributed by atoms with Crippen LogP contribution in [0.5, 0.6) is 5.75 Å². The fourth-order valence-electron chi connectivity index (χ4n) is 2.68. The Balaban J connectivity index is 1.89. The predicted molar refractivity (Wildman–Crippen MR) is 79.6 cm³/mol. The van der Waals surface area contributed by atoms with Gasteiger partial charge in [0.05, 0.1) is 7.11 Å². The molecule has 0 aromatic heterocycles. The minimum absolute atomic E-state index is 0.0435. The molecule has 1 amide bonds. The summed E-state index contributed by atoms with van der Waals surface area (Å²) in [7, 11) is 1.43. The molecule has 0 saturated carbocycles. The molecule has 0 spiro atoms. The van der Waals surface area contributed by atoms with E-state index < -0.39 is 0 Å². The third-order valence-electron chi connectivity index (χ3n) is 4.25. The van der Waals surface area contributed by atoms with E-state index >= 15 is 0 Å². The van der Waals surface area contributed by atoms with Crippen LogP contribution < -0.4 is 10.5 Å². The van der Waals surface area contributed by atoms with E-state index in [1.165, 1.54) is 13.2 Å². The average molecular weight is 294 g/mol. The number of rotatable bonds is 5. The number of hydrogen-bond acceptors (Lipinski definition) is 3. The van der Waals surface area contributed by atoms with Gasteiger partial charge in [-0.2, -0.15) is 0 Å². The number of nitrogens with zero attached hydrogens (tertiary/aromatic N) is 1. The van der Waals surface area contributed by atoms with E-state index in [0.29, 0.717) is 19.4 Å². The predicted octanol–water partition coefficient (Wildman–Crippen LogP) is 1.96. The van der Waals surface area contributed by atoms with Crippen molar-refractivity contribution >= 4 is 5.91 Å². The number of aryl methyl sites for hydroxylation is 1. The summed E-state index contributed by atoms with van der Waals surface area (Å²) < 4.78 is 18.5. The summed E-state index contributed by atoms with van der Waals surface area (Å²) >= 11 is 0. The van der Waals surface area contributed by atoms with Crippen molar-refractivity contribution in [3.8, 4) is 5.75 Å². The van der Waals surface area contributed by atoms with Gasteiger partial charge in [-0.1, -0.05) is 13.0 Å². The number of amides is 1. The number of likely N-dealkylation sites (tertiary alicyclic amines) is 1. The van der Waals surface area contributed by atoms with Gasteiger partial charge in [-0.05, 0) is 42.5 Å². The Morgan fingerprint density at radius 3 is 2.86 bits per heavy atom. The van der Waals surface area contributed by atoms with Crippen LogP contribution in [0.4, 0.5) is 4.39 Å². The van der Waals surface area contributed by atoms with E-state index in [2.05, 4.69) is 6.92 Å². The van der Waals surface area contributed by atoms with Gasteiger partial charge >= 0.3 is 0 Å². The number of benzene rings is 1. The van der Waals surface area contributed by atoms with Crippen molar-refractivity contribution in [1.29, 1.82) is 0 Å². The molecule has 0 bridgehead atoms. The van der Waals surface area contributed by atoms with Crippen LogP contribution in [-0.4, -0.2) is 37.6 Å². The molecule has 1 atom stereocenters. The maximum atomic E-state index is 13.6. The van der Waals surface area contributed by atoms with Gasteiger partial charge in [0.1, 0.15) is 0 Å². The number of halogens is 1. The van der Waals surface area contributed by atoms with Crippen molar-refractivity contribution in [2.45, 2.75) is 26.2 Å². The Kier molecular flexibility index (Phi) is 4.83. The second-order valence-corrected chi connectivity index (χ2v) is 6.05. The maximum absolute atomic E-state index is 13.6. The molecular formula is C16H23FN2O2. The Hall–Kier alpha value is -1.62. The van der Waals surface area contributed by atoms with Crippen LogP contribution in [0.3, 0.4) is 0 Å². The second-order valence-electron chi connectivity index (χ2n) is 6.05. The molecule has 0 aliphatic carbocycles. The third-order valence-corrected chi connectivity index (χ3v) is 4.25. The van der Waals surface area contributed by atoms with Gasteiger partial charge in [0.15, 0.2) is 11.6 Å². The summed E-state index contributed by atoms with van der Waals surface area (Å²) in [5.74, 6) is -0.0499. The molecule has 5 heteroatoms. The molecule has 0 radical (unpaired) electrons. The average Bonchev–Trinajstić information content (AvgIpc) is 2.88. The van der Waals surface area contributed by atoms with Crippen LogP contribution in [-0.2, 0) is 11.2 Å². The first-order valence-electron chi connectivity index (χ1n) is 7.28. The first-order chi connectivity index (χ1) is 9.97. The minimum atomic E-state index is -0.390. The lowest BCUT2D eigenvalue weighted by Crippen LogP contribution is -2.34. The Labute approximate surface area is 125 Å². The number of nitrogens with two attached hydrogens (primary N) is 1. The Morgan fingerprint density at radius 2 is 2.29 bits per heavy atom. The summed E-state index contributed by atoms with van der Waals surface area (Å²) in [4.78, 5) is 14.1. The fraction of sp³-hybridized carbons (Fsp3) is 0.562. The van der Waals surface area contributed by atoms with Gasteiger partial charge in [-0.15, -0.1) is 0 Å². The number of carbonyl (C=O) groups excluding carboxylic acids is 1. The number of hydrogen-bond donors (Lipinski definition) is 1. The molecule has 1 fully saturated rings. The van der Waals surface area contributed by atoms with Gasteiger partial charge in [0, 0.05) is 19.5 Å². The lowest BCUT2D eigenvalue weighted by atomic mass is 9.90. The third kappa shape index (κ3) is 3.73. The minimum Gasteiger partial charge on any atom is -0.494 e. The molecule has 21 heavy (non-hydrogen) atoms. The van der Waals surface area contributed by atoms with E-state index in [1.807, 2.05) is 4.90 Å². The molecule has 2 N–H and O–H groups in total. The highest BCUT2D eigenvalue weighted by atomic mass is 19.1. The smallest absolute Gasteiger partial charge is 0.222 e. The van der Waals surface area contributed by atoms with Gasteiger partial charge in [0.25, 0.3) is 0 Å². The van der Waals surface area contributed by atoms with E-state index in [4.69, 9.17) is 10.5 Å². The van der Waals surface area contributed by atoms with Crippen molar-refractivity contribution in [3.63, 3.8) is 0 Å². The molecule has 2 rings (SSSR count). The zero-order chi connectivity index (χ0) is 15.5. The summed E-state index contributed by atoms with van der Waals surface area (Å²) in [6.07, 6.45) is 1.88. The Bertz CT molecular complexity index is 521. The summed E-state index contributed by atoms with van der Waals surface area (Å²) in [5.41, 5.74) is 6.60. The molecule has 1 unspecified atom stereocenters. The lowest BCUT2D eigenvalue weighted by Gasteiger charge is -2.22. The van der Waals surface area contributed by atoms with E-state index in [0.717, 1.165) is 25.1 Å². The van der Waals surface area contributed by atoms with E-state index in [9.17, 15) is 9.18 Å². The molecule has 1 aromatic carbocycles. The molecular weight excluding hydrogens is 271 g/mol. The van der Waals surface area contributed by atoms with E-state index in [1.54, 1.807) is 12.1 Å². The number of methoxy groups -OCH3 is 1. The summed E-state index contributed by atoms with van der Waals surface area (Å²) in [5, 5.41) is 0. The van der Waals surface area contributed by atoms with Gasteiger partial charge < -0.3 is 15.4 Å². The molecule has 4 nitrogen and oxygen atoms in total. The van der Waals surface area contributed by atoms with Crippen LogP contribution in [0.2, 0.25) is 0 Å². The van der Waals surface area contributed by atoms with Crippen molar-refractivity contribution in [3.05, 3.63) is 29.6 Å². The van der Waals surface area contributed by atoms with Crippen LogP contribution >= 0.6 is 0 Å². The standard InChI is InChI=1S/C16H23FN2O2/c1-16(10-18)7-8-19(11-16)15(20)6-4-12-3-5-14(21-2)13(17)9-12/h3,5,9H,4,6-8,10-11,18H2,1-2H3. The lowest BCUT2D eigenvalue weighted by molar-refractivity contribution is -0.130. The fourth-order valence-corrected chi connectivity index (χ4v) is 2.68. The highest BCUT2D eigenvalue weighted by Crippen LogP contribution is 2.29. The van der Waals surface area contributed by atoms with Crippen LogP contribution in [0.25, 0.3) is 0 Å². The molecule has 1 aliphatic heterocycles. The molecule has 1 heterocycles. The summed E-state index contributed by atoms with van der Waals surface area (Å²) in [6, 6.07) is 4.82. The van der Waals surface area contributed by atoms with Gasteiger partial charge in [0.2, 0.25) is 5.91 Å². The normalized spacial score (nSPS) is 21.6. The molecule has 1 saturated heterocycles. The van der Waals surface area contributed by atoms with Crippen molar-refractivity contribution in [2.24, 2.45) is 11.1 Å². The first-order valence-corrected chi connectivity index (χ1v) is 7.28. The maximum Gasteiger partial charge on any atom is 0.222 e. The van der Waals surface area contributed by atoms with Gasteiger partial charge in [-0.3, -0.25) is 4.79 Å². The molecule has 1 aromatic rings. The van der Waals surface area contributed by atoms with Crippen molar-refractivity contribution in [1.82, 2.24) is 4.90 Å². The monoisotopic (exact) mass is 294 g/mol. The topological polar surface area (TPSA) is 55.6 Å². The highest BCUT2D eigenvalue weighted by molar-refractivity contribution is 5.76. The second kappa shape index (κ2) is 6.43. The number of ether oxygens (including phenoxy) is 1. The summed E-state index contributed by atoms with van der Waals surface area (Å²) in [6.45, 7) is 4.20. The SMILES string of the molecule is COc1ccc(CCC(=O)N2CCC(C)(CN)C2)cc1F. The van der Waals surface area contributed by atoms with Crippen molar-refractivity contribution in [2.75, 3.05) is 26.7 Å². The van der Waals surface area contributed by atoms with Gasteiger partial charge in [-0.25, -0.2) is 4.39 Å². The molecule has 1 aliphatic rings. The van der Waals surface area contributed by atoms with Crippen molar-refractivity contribution < 1.29 is 13.9 Å². The van der Waals surface area contributed by atoms with E-state index in [-0.39, 0.29) is 22.9 Å². The Morgan fingerprint density at radius 1 is 1.52 bits per heavy atom. The zero-order valence-corrected chi connectivity index (χ0v) is 12.7.